The molecule has 0 aliphatic rings. The Kier molecular flexibility index (Phi) is 2.74. The fourth-order valence-electron chi connectivity index (χ4n) is 2.06. The van der Waals surface area contributed by atoms with Gasteiger partial charge in [-0.15, -0.1) is 10.2 Å². The van der Waals surface area contributed by atoms with Gasteiger partial charge in [0.1, 0.15) is 10.8 Å². The summed E-state index contributed by atoms with van der Waals surface area (Å²) in [4.78, 5) is 4.68. The van der Waals surface area contributed by atoms with Crippen molar-refractivity contribution in [2.24, 2.45) is 0 Å². The lowest BCUT2D eigenvalue weighted by molar-refractivity contribution is 0.628. The molecule has 4 aromatic rings. The number of rotatable bonds is 3. The third-order valence-corrected chi connectivity index (χ3v) is 3.88. The molecule has 4 rings (SSSR count). The number of imidazole rings is 1. The van der Waals surface area contributed by atoms with Gasteiger partial charge in [0.15, 0.2) is 5.82 Å². The van der Waals surface area contributed by atoms with Crippen LogP contribution in [0.15, 0.2) is 43.0 Å². The zero-order chi connectivity index (χ0) is 14.2. The van der Waals surface area contributed by atoms with Crippen LogP contribution in [0.5, 0.6) is 0 Å². The Morgan fingerprint density at radius 3 is 3.00 bits per heavy atom. The molecule has 0 bridgehead atoms. The van der Waals surface area contributed by atoms with Crippen LogP contribution in [0, 0.1) is 5.82 Å². The van der Waals surface area contributed by atoms with Gasteiger partial charge in [0, 0.05) is 18.0 Å². The number of hydrogen-bond acceptors (Lipinski definition) is 5. The van der Waals surface area contributed by atoms with Crippen LogP contribution >= 0.6 is 11.3 Å². The van der Waals surface area contributed by atoms with E-state index in [2.05, 4.69) is 20.3 Å². The summed E-state index contributed by atoms with van der Waals surface area (Å²) < 4.78 is 16.9. The van der Waals surface area contributed by atoms with Gasteiger partial charge in [-0.2, -0.15) is 9.61 Å². The number of halogens is 1. The third-order valence-electron chi connectivity index (χ3n) is 2.99. The molecule has 3 heterocycles. The Morgan fingerprint density at radius 2 is 2.19 bits per heavy atom. The van der Waals surface area contributed by atoms with E-state index < -0.39 is 0 Å². The number of aromatic nitrogens is 6. The molecule has 0 saturated carbocycles. The summed E-state index contributed by atoms with van der Waals surface area (Å²) in [6.07, 6.45) is 5.32. The summed E-state index contributed by atoms with van der Waals surface area (Å²) in [5.41, 5.74) is 0.655. The molecule has 104 valence electrons. The lowest BCUT2D eigenvalue weighted by atomic mass is 10.2. The maximum Gasteiger partial charge on any atom is 0.235 e. The van der Waals surface area contributed by atoms with Crippen molar-refractivity contribution in [1.29, 1.82) is 0 Å². The Balaban J connectivity index is 1.76. The fourth-order valence-corrected chi connectivity index (χ4v) is 2.91. The van der Waals surface area contributed by atoms with Crippen molar-refractivity contribution in [2.45, 2.75) is 6.54 Å². The zero-order valence-corrected chi connectivity index (χ0v) is 11.5. The van der Waals surface area contributed by atoms with Crippen molar-refractivity contribution in [1.82, 2.24) is 29.4 Å². The Morgan fingerprint density at radius 1 is 1.24 bits per heavy atom. The molecule has 0 N–H and O–H groups in total. The van der Waals surface area contributed by atoms with Gasteiger partial charge in [-0.3, -0.25) is 0 Å². The molecule has 0 aliphatic heterocycles. The van der Waals surface area contributed by atoms with E-state index in [4.69, 9.17) is 0 Å². The van der Waals surface area contributed by atoms with Crippen LogP contribution in [0.1, 0.15) is 5.01 Å². The predicted octanol–water partition coefficient (Wildman–Crippen LogP) is 2.24. The molecule has 21 heavy (non-hydrogen) atoms. The van der Waals surface area contributed by atoms with Crippen molar-refractivity contribution in [3.63, 3.8) is 0 Å². The van der Waals surface area contributed by atoms with Gasteiger partial charge in [0.2, 0.25) is 4.96 Å². The molecule has 0 radical (unpaired) electrons. The first-order chi connectivity index (χ1) is 10.3. The standard InChI is InChI=1S/C13H9FN6S/c14-10-3-1-2-9(6-10)12-16-17-13-20(12)18-11(21-13)7-19-5-4-15-8-19/h1-6,8H,7H2. The van der Waals surface area contributed by atoms with Crippen LogP contribution in [0.3, 0.4) is 0 Å². The second-order valence-corrected chi connectivity index (χ2v) is 5.50. The van der Waals surface area contributed by atoms with Crippen LogP contribution in [-0.4, -0.2) is 29.4 Å². The topological polar surface area (TPSA) is 60.9 Å². The monoisotopic (exact) mass is 300 g/mol. The number of fused-ring (bicyclic) bond motifs is 1. The largest absolute Gasteiger partial charge is 0.331 e. The molecule has 0 aliphatic carbocycles. The zero-order valence-electron chi connectivity index (χ0n) is 10.7. The first-order valence-electron chi connectivity index (χ1n) is 6.22. The third kappa shape index (κ3) is 2.19. The molecule has 0 atom stereocenters. The molecule has 0 spiro atoms. The fraction of sp³-hybridized carbons (Fsp3) is 0.0769. The highest BCUT2D eigenvalue weighted by atomic mass is 32.1. The molecule has 3 aromatic heterocycles. The summed E-state index contributed by atoms with van der Waals surface area (Å²) in [7, 11) is 0. The number of nitrogens with zero attached hydrogens (tertiary/aromatic N) is 6. The molecular formula is C13H9FN6S. The van der Waals surface area contributed by atoms with Crippen molar-refractivity contribution in [2.75, 3.05) is 0 Å². The second kappa shape index (κ2) is 4.74. The van der Waals surface area contributed by atoms with E-state index in [1.54, 1.807) is 29.2 Å². The van der Waals surface area contributed by atoms with Gasteiger partial charge in [0.25, 0.3) is 0 Å². The van der Waals surface area contributed by atoms with E-state index in [0.29, 0.717) is 22.9 Å². The quantitative estimate of drug-likeness (QED) is 0.582. The molecular weight excluding hydrogens is 291 g/mol. The molecule has 0 saturated heterocycles. The van der Waals surface area contributed by atoms with Crippen molar-refractivity contribution >= 4 is 16.3 Å². The maximum absolute atomic E-state index is 13.3. The van der Waals surface area contributed by atoms with Crippen LogP contribution in [0.2, 0.25) is 0 Å². The predicted molar refractivity (Wildman–Crippen MR) is 75.4 cm³/mol. The normalized spacial score (nSPS) is 11.3. The highest BCUT2D eigenvalue weighted by molar-refractivity contribution is 7.16. The van der Waals surface area contributed by atoms with E-state index in [-0.39, 0.29) is 5.82 Å². The van der Waals surface area contributed by atoms with E-state index >= 15 is 0 Å². The molecule has 6 nitrogen and oxygen atoms in total. The maximum atomic E-state index is 13.3. The summed E-state index contributed by atoms with van der Waals surface area (Å²) in [6.45, 7) is 0.622. The molecule has 1 aromatic carbocycles. The minimum Gasteiger partial charge on any atom is -0.331 e. The van der Waals surface area contributed by atoms with Crippen LogP contribution < -0.4 is 0 Å². The average Bonchev–Trinajstić information content (AvgIpc) is 3.15. The summed E-state index contributed by atoms with van der Waals surface area (Å²) in [6, 6.07) is 6.25. The van der Waals surface area contributed by atoms with Crippen LogP contribution in [0.25, 0.3) is 16.3 Å². The van der Waals surface area contributed by atoms with Gasteiger partial charge in [0.05, 0.1) is 12.9 Å². The lowest BCUT2D eigenvalue weighted by Crippen LogP contribution is -1.98. The first-order valence-corrected chi connectivity index (χ1v) is 7.04. The molecule has 0 amide bonds. The smallest absolute Gasteiger partial charge is 0.235 e. The Labute approximate surface area is 122 Å². The van der Waals surface area contributed by atoms with Gasteiger partial charge in [-0.1, -0.05) is 23.5 Å². The first kappa shape index (κ1) is 12.2. The number of benzene rings is 1. The minimum absolute atomic E-state index is 0.307. The molecule has 0 unspecified atom stereocenters. The van der Waals surface area contributed by atoms with E-state index in [1.807, 2.05) is 10.8 Å². The second-order valence-electron chi connectivity index (χ2n) is 4.46. The molecule has 0 fully saturated rings. The van der Waals surface area contributed by atoms with Gasteiger partial charge in [-0.25, -0.2) is 9.37 Å². The molecule has 8 heteroatoms. The SMILES string of the molecule is Fc1cccc(-c2nnc3sc(Cn4ccnc4)nn23)c1. The van der Waals surface area contributed by atoms with Gasteiger partial charge in [-0.05, 0) is 12.1 Å². The van der Waals surface area contributed by atoms with Crippen LogP contribution in [0.4, 0.5) is 4.39 Å². The minimum atomic E-state index is -0.307. The summed E-state index contributed by atoms with van der Waals surface area (Å²) in [5.74, 6) is 0.232. The van der Waals surface area contributed by atoms with Gasteiger partial charge < -0.3 is 4.57 Å². The summed E-state index contributed by atoms with van der Waals surface area (Å²) >= 11 is 1.45. The van der Waals surface area contributed by atoms with Crippen molar-refractivity contribution in [3.05, 3.63) is 53.8 Å². The Bertz CT molecular complexity index is 895. The van der Waals surface area contributed by atoms with Crippen molar-refractivity contribution in [3.8, 4) is 11.4 Å². The number of hydrogen-bond donors (Lipinski definition) is 0. The highest BCUT2D eigenvalue weighted by Gasteiger charge is 2.13. The lowest BCUT2D eigenvalue weighted by Gasteiger charge is -1.97. The van der Waals surface area contributed by atoms with Gasteiger partial charge >= 0.3 is 0 Å². The average molecular weight is 300 g/mol. The highest BCUT2D eigenvalue weighted by Crippen LogP contribution is 2.22. The van der Waals surface area contributed by atoms with Crippen molar-refractivity contribution < 1.29 is 4.39 Å². The van der Waals surface area contributed by atoms with E-state index in [0.717, 1.165) is 5.01 Å². The summed E-state index contributed by atoms with van der Waals surface area (Å²) in [5, 5.41) is 13.6. The van der Waals surface area contributed by atoms with Crippen LogP contribution in [-0.2, 0) is 6.54 Å². The van der Waals surface area contributed by atoms with E-state index in [1.165, 1.54) is 23.5 Å². The Hall–Kier alpha value is -2.61. The van der Waals surface area contributed by atoms with E-state index in [9.17, 15) is 4.39 Å².